The maximum Gasteiger partial charge on any atom is 0.242 e. The number of thiophene rings is 1. The maximum absolute atomic E-state index is 11.8. The van der Waals surface area contributed by atoms with Crippen LogP contribution >= 0.6 is 11.3 Å². The Morgan fingerprint density at radius 2 is 2.30 bits per heavy atom. The Kier molecular flexibility index (Phi) is 4.86. The van der Waals surface area contributed by atoms with Gasteiger partial charge in [0.25, 0.3) is 0 Å². The lowest BCUT2D eigenvalue weighted by atomic mass is 10.2. The molecule has 7 heteroatoms. The van der Waals surface area contributed by atoms with Gasteiger partial charge in [-0.3, -0.25) is 4.79 Å². The number of amides is 1. The van der Waals surface area contributed by atoms with Crippen molar-refractivity contribution in [2.45, 2.75) is 26.3 Å². The average molecular weight is 293 g/mol. The Morgan fingerprint density at radius 3 is 3.00 bits per heavy atom. The van der Waals surface area contributed by atoms with Crippen LogP contribution in [0.15, 0.2) is 12.4 Å². The summed E-state index contributed by atoms with van der Waals surface area (Å²) in [5.41, 5.74) is 5.37. The van der Waals surface area contributed by atoms with E-state index in [1.54, 1.807) is 18.3 Å². The highest BCUT2D eigenvalue weighted by atomic mass is 32.1. The SMILES string of the molecule is CCc1cc2c(NC(C)C(=O)NCCN)ncnc2s1. The lowest BCUT2D eigenvalue weighted by Gasteiger charge is -2.14. The van der Waals surface area contributed by atoms with E-state index in [9.17, 15) is 4.79 Å². The summed E-state index contributed by atoms with van der Waals surface area (Å²) in [6.45, 7) is 4.81. The highest BCUT2D eigenvalue weighted by molar-refractivity contribution is 7.18. The molecule has 0 aromatic carbocycles. The quantitative estimate of drug-likeness (QED) is 0.742. The van der Waals surface area contributed by atoms with Gasteiger partial charge in [-0.25, -0.2) is 9.97 Å². The van der Waals surface area contributed by atoms with Gasteiger partial charge in [-0.05, 0) is 19.4 Å². The van der Waals surface area contributed by atoms with E-state index in [-0.39, 0.29) is 11.9 Å². The largest absolute Gasteiger partial charge is 0.358 e. The van der Waals surface area contributed by atoms with E-state index in [1.165, 1.54) is 11.2 Å². The molecule has 6 nitrogen and oxygen atoms in total. The van der Waals surface area contributed by atoms with Crippen molar-refractivity contribution in [3.63, 3.8) is 0 Å². The van der Waals surface area contributed by atoms with Crippen LogP contribution in [-0.4, -0.2) is 35.0 Å². The molecule has 1 unspecified atom stereocenters. The van der Waals surface area contributed by atoms with Crippen molar-refractivity contribution < 1.29 is 4.79 Å². The Hall–Kier alpha value is -1.73. The summed E-state index contributed by atoms with van der Waals surface area (Å²) in [4.78, 5) is 22.5. The normalized spacial score (nSPS) is 12.3. The summed E-state index contributed by atoms with van der Waals surface area (Å²) < 4.78 is 0. The number of aromatic nitrogens is 2. The fraction of sp³-hybridized carbons (Fsp3) is 0.462. The molecule has 4 N–H and O–H groups in total. The van der Waals surface area contributed by atoms with Gasteiger partial charge in [0.05, 0.1) is 5.39 Å². The van der Waals surface area contributed by atoms with E-state index < -0.39 is 0 Å². The first-order chi connectivity index (χ1) is 9.65. The van der Waals surface area contributed by atoms with Crippen LogP contribution in [0.5, 0.6) is 0 Å². The first kappa shape index (κ1) is 14.7. The van der Waals surface area contributed by atoms with Gasteiger partial charge in [0.1, 0.15) is 23.0 Å². The number of nitrogens with one attached hydrogen (secondary N) is 2. The lowest BCUT2D eigenvalue weighted by Crippen LogP contribution is -2.39. The molecule has 20 heavy (non-hydrogen) atoms. The molecule has 0 aliphatic carbocycles. The second kappa shape index (κ2) is 6.62. The van der Waals surface area contributed by atoms with Gasteiger partial charge < -0.3 is 16.4 Å². The zero-order valence-electron chi connectivity index (χ0n) is 11.6. The van der Waals surface area contributed by atoms with Crippen LogP contribution in [0.25, 0.3) is 10.2 Å². The van der Waals surface area contributed by atoms with E-state index in [4.69, 9.17) is 5.73 Å². The third-order valence-electron chi connectivity index (χ3n) is 2.92. The molecular formula is C13H19N5OS. The van der Waals surface area contributed by atoms with Crippen LogP contribution < -0.4 is 16.4 Å². The zero-order chi connectivity index (χ0) is 14.5. The van der Waals surface area contributed by atoms with Crippen LogP contribution in [-0.2, 0) is 11.2 Å². The molecule has 0 radical (unpaired) electrons. The maximum atomic E-state index is 11.8. The number of fused-ring (bicyclic) bond motifs is 1. The third-order valence-corrected chi connectivity index (χ3v) is 4.11. The van der Waals surface area contributed by atoms with E-state index in [0.29, 0.717) is 18.9 Å². The Bertz CT molecular complexity index is 597. The molecule has 2 aromatic rings. The van der Waals surface area contributed by atoms with Crippen LogP contribution in [0.1, 0.15) is 18.7 Å². The van der Waals surface area contributed by atoms with Gasteiger partial charge in [-0.15, -0.1) is 11.3 Å². The van der Waals surface area contributed by atoms with Gasteiger partial charge >= 0.3 is 0 Å². The second-order valence-corrected chi connectivity index (χ2v) is 5.57. The predicted molar refractivity (Wildman–Crippen MR) is 81.9 cm³/mol. The summed E-state index contributed by atoms with van der Waals surface area (Å²) in [6, 6.07) is 1.71. The number of anilines is 1. The van der Waals surface area contributed by atoms with Crippen molar-refractivity contribution in [1.29, 1.82) is 0 Å². The highest BCUT2D eigenvalue weighted by Crippen LogP contribution is 2.28. The minimum atomic E-state index is -0.371. The van der Waals surface area contributed by atoms with E-state index in [0.717, 1.165) is 16.6 Å². The molecule has 0 spiro atoms. The summed E-state index contributed by atoms with van der Waals surface area (Å²) in [6.07, 6.45) is 2.48. The number of nitrogens with two attached hydrogens (primary N) is 1. The van der Waals surface area contributed by atoms with Gasteiger partial charge in [-0.1, -0.05) is 6.92 Å². The van der Waals surface area contributed by atoms with Crippen LogP contribution in [0.3, 0.4) is 0 Å². The van der Waals surface area contributed by atoms with Gasteiger partial charge in [0.15, 0.2) is 0 Å². The molecule has 2 aromatic heterocycles. The monoisotopic (exact) mass is 293 g/mol. The fourth-order valence-corrected chi connectivity index (χ4v) is 2.75. The Morgan fingerprint density at radius 1 is 1.50 bits per heavy atom. The summed E-state index contributed by atoms with van der Waals surface area (Å²) >= 11 is 1.65. The van der Waals surface area contributed by atoms with Crippen LogP contribution in [0.4, 0.5) is 5.82 Å². The zero-order valence-corrected chi connectivity index (χ0v) is 12.5. The van der Waals surface area contributed by atoms with Crippen molar-refractivity contribution in [3.05, 3.63) is 17.3 Å². The number of hydrogen-bond acceptors (Lipinski definition) is 6. The first-order valence-corrected chi connectivity index (χ1v) is 7.45. The fourth-order valence-electron chi connectivity index (χ4n) is 1.81. The van der Waals surface area contributed by atoms with Gasteiger partial charge in [0.2, 0.25) is 5.91 Å². The summed E-state index contributed by atoms with van der Waals surface area (Å²) in [7, 11) is 0. The van der Waals surface area contributed by atoms with Crippen LogP contribution in [0.2, 0.25) is 0 Å². The molecule has 108 valence electrons. The molecule has 0 saturated carbocycles. The van der Waals surface area contributed by atoms with E-state index >= 15 is 0 Å². The molecule has 2 rings (SSSR count). The van der Waals surface area contributed by atoms with Crippen molar-refractivity contribution in [1.82, 2.24) is 15.3 Å². The number of aryl methyl sites for hydroxylation is 1. The molecule has 0 aliphatic rings. The average Bonchev–Trinajstić information content (AvgIpc) is 2.88. The standard InChI is InChI=1S/C13H19N5OS/c1-3-9-6-10-11(16-7-17-13(10)20-9)18-8(2)12(19)15-5-4-14/h6-8H,3-5,14H2,1-2H3,(H,15,19)(H,16,17,18). The Labute approximate surface area is 121 Å². The predicted octanol–water partition coefficient (Wildman–Crippen LogP) is 1.13. The molecule has 1 amide bonds. The smallest absolute Gasteiger partial charge is 0.242 e. The lowest BCUT2D eigenvalue weighted by molar-refractivity contribution is -0.121. The third kappa shape index (κ3) is 3.23. The number of carbonyl (C=O) groups is 1. The number of rotatable bonds is 6. The summed E-state index contributed by atoms with van der Waals surface area (Å²) in [5.74, 6) is 0.606. The van der Waals surface area contributed by atoms with Crippen molar-refractivity contribution in [3.8, 4) is 0 Å². The number of hydrogen-bond donors (Lipinski definition) is 3. The van der Waals surface area contributed by atoms with Crippen molar-refractivity contribution >= 4 is 33.3 Å². The van der Waals surface area contributed by atoms with Gasteiger partial charge in [-0.2, -0.15) is 0 Å². The topological polar surface area (TPSA) is 92.9 Å². The molecule has 2 heterocycles. The second-order valence-electron chi connectivity index (χ2n) is 4.45. The van der Waals surface area contributed by atoms with Crippen molar-refractivity contribution in [2.24, 2.45) is 5.73 Å². The number of nitrogens with zero attached hydrogens (tertiary/aromatic N) is 2. The molecule has 0 aliphatic heterocycles. The first-order valence-electron chi connectivity index (χ1n) is 6.63. The molecule has 0 saturated heterocycles. The molecule has 0 bridgehead atoms. The van der Waals surface area contributed by atoms with Crippen molar-refractivity contribution in [2.75, 3.05) is 18.4 Å². The minimum Gasteiger partial charge on any atom is -0.358 e. The van der Waals surface area contributed by atoms with Crippen LogP contribution in [0, 0.1) is 0 Å². The molecule has 0 fully saturated rings. The van der Waals surface area contributed by atoms with E-state index in [2.05, 4.69) is 33.6 Å². The minimum absolute atomic E-state index is 0.0897. The molecular weight excluding hydrogens is 274 g/mol. The Balaban J connectivity index is 2.16. The van der Waals surface area contributed by atoms with Gasteiger partial charge in [0, 0.05) is 18.0 Å². The van der Waals surface area contributed by atoms with E-state index in [1.807, 2.05) is 0 Å². The number of carbonyl (C=O) groups excluding carboxylic acids is 1. The summed E-state index contributed by atoms with van der Waals surface area (Å²) in [5, 5.41) is 6.85. The highest BCUT2D eigenvalue weighted by Gasteiger charge is 2.15. The molecule has 1 atom stereocenters.